The second-order valence-corrected chi connectivity index (χ2v) is 6.33. The van der Waals surface area contributed by atoms with Gasteiger partial charge in [-0.1, -0.05) is 90.2 Å². The van der Waals surface area contributed by atoms with E-state index in [1.165, 1.54) is 0 Å². The molecule has 1 N–H and O–H groups in total. The highest BCUT2D eigenvalue weighted by atomic mass is 16.6. The van der Waals surface area contributed by atoms with E-state index in [2.05, 4.69) is 11.8 Å². The van der Waals surface area contributed by atoms with Gasteiger partial charge in [-0.15, -0.1) is 0 Å². The summed E-state index contributed by atoms with van der Waals surface area (Å²) in [4.78, 5) is 12.4. The zero-order valence-electron chi connectivity index (χ0n) is 15.6. The van der Waals surface area contributed by atoms with E-state index in [1.807, 2.05) is 91.9 Å². The quantitative estimate of drug-likeness (QED) is 0.394. The number of benzene rings is 3. The third-order valence-corrected chi connectivity index (χ3v) is 4.16. The highest BCUT2D eigenvalue weighted by molar-refractivity contribution is 5.67. The summed E-state index contributed by atoms with van der Waals surface area (Å²) in [6.07, 6.45) is -0.851. The van der Waals surface area contributed by atoms with Crippen molar-refractivity contribution in [3.05, 3.63) is 107 Å². The van der Waals surface area contributed by atoms with Crippen LogP contribution in [0.1, 0.15) is 28.3 Å². The smallest absolute Gasteiger partial charge is 0.435 e. The van der Waals surface area contributed by atoms with Crippen molar-refractivity contribution in [1.82, 2.24) is 5.06 Å². The van der Waals surface area contributed by atoms with Crippen LogP contribution >= 0.6 is 0 Å². The van der Waals surface area contributed by atoms with Crippen LogP contribution in [0.5, 0.6) is 0 Å². The Morgan fingerprint density at radius 1 is 0.964 bits per heavy atom. The SMILES string of the molecule is Cc1ccc(C#CC(c2ccccc2)N(O)C(=O)OCc2ccccc2)cc1. The fourth-order valence-corrected chi connectivity index (χ4v) is 2.60. The minimum atomic E-state index is -0.851. The number of carbonyl (C=O) groups excluding carboxylic acids is 1. The molecule has 0 aromatic heterocycles. The Kier molecular flexibility index (Phi) is 6.46. The molecule has 0 spiro atoms. The molecule has 3 aromatic rings. The normalized spacial score (nSPS) is 11.1. The van der Waals surface area contributed by atoms with Gasteiger partial charge in [-0.2, -0.15) is 5.06 Å². The molecule has 0 aliphatic rings. The van der Waals surface area contributed by atoms with Crippen molar-refractivity contribution in [2.45, 2.75) is 19.6 Å². The van der Waals surface area contributed by atoms with Crippen molar-refractivity contribution >= 4 is 6.09 Å². The van der Waals surface area contributed by atoms with Crippen LogP contribution in [-0.4, -0.2) is 16.4 Å². The van der Waals surface area contributed by atoms with E-state index in [0.29, 0.717) is 10.6 Å². The number of hydrogen-bond donors (Lipinski definition) is 1. The lowest BCUT2D eigenvalue weighted by Gasteiger charge is -2.21. The first-order valence-corrected chi connectivity index (χ1v) is 8.95. The van der Waals surface area contributed by atoms with E-state index < -0.39 is 12.1 Å². The molecule has 28 heavy (non-hydrogen) atoms. The summed E-state index contributed by atoms with van der Waals surface area (Å²) in [6, 6.07) is 25.3. The van der Waals surface area contributed by atoms with Gasteiger partial charge in [0.1, 0.15) is 12.6 Å². The van der Waals surface area contributed by atoms with E-state index in [4.69, 9.17) is 4.74 Å². The average molecular weight is 371 g/mol. The van der Waals surface area contributed by atoms with Gasteiger partial charge in [0.15, 0.2) is 0 Å². The van der Waals surface area contributed by atoms with Crippen LogP contribution in [-0.2, 0) is 11.3 Å². The number of carbonyl (C=O) groups is 1. The molecule has 4 heteroatoms. The van der Waals surface area contributed by atoms with Gasteiger partial charge in [-0.05, 0) is 30.2 Å². The highest BCUT2D eigenvalue weighted by Gasteiger charge is 2.23. The highest BCUT2D eigenvalue weighted by Crippen LogP contribution is 2.20. The van der Waals surface area contributed by atoms with Gasteiger partial charge in [0.25, 0.3) is 0 Å². The van der Waals surface area contributed by atoms with Crippen LogP contribution in [0.2, 0.25) is 0 Å². The van der Waals surface area contributed by atoms with Crippen molar-refractivity contribution in [2.24, 2.45) is 0 Å². The first-order valence-electron chi connectivity index (χ1n) is 8.95. The molecule has 0 saturated heterocycles. The number of nitrogens with zero attached hydrogens (tertiary/aromatic N) is 1. The average Bonchev–Trinajstić information content (AvgIpc) is 2.75. The van der Waals surface area contributed by atoms with Gasteiger partial charge in [0.2, 0.25) is 0 Å². The molecular formula is C24H21NO3. The lowest BCUT2D eigenvalue weighted by molar-refractivity contribution is -0.0935. The number of amides is 1. The molecule has 0 heterocycles. The van der Waals surface area contributed by atoms with Gasteiger partial charge in [-0.25, -0.2) is 4.79 Å². The van der Waals surface area contributed by atoms with E-state index in [9.17, 15) is 10.0 Å². The molecular weight excluding hydrogens is 350 g/mol. The van der Waals surface area contributed by atoms with Crippen LogP contribution in [0.25, 0.3) is 0 Å². The van der Waals surface area contributed by atoms with Gasteiger partial charge in [-0.3, -0.25) is 5.21 Å². The van der Waals surface area contributed by atoms with Crippen molar-refractivity contribution in [3.63, 3.8) is 0 Å². The lowest BCUT2D eigenvalue weighted by atomic mass is 10.1. The number of aryl methyl sites for hydroxylation is 1. The summed E-state index contributed by atoms with van der Waals surface area (Å²) < 4.78 is 5.23. The Morgan fingerprint density at radius 3 is 2.21 bits per heavy atom. The third-order valence-electron chi connectivity index (χ3n) is 4.16. The Hall–Kier alpha value is -3.55. The first kappa shape index (κ1) is 19.2. The molecule has 3 rings (SSSR count). The van der Waals surface area contributed by atoms with E-state index in [-0.39, 0.29) is 6.61 Å². The molecule has 0 aliphatic carbocycles. The standard InChI is InChI=1S/C24H21NO3/c1-19-12-14-20(15-13-19)16-17-23(22-10-6-3-7-11-22)25(27)24(26)28-18-21-8-4-2-5-9-21/h2-15,23,27H,18H2,1H3. The van der Waals surface area contributed by atoms with Gasteiger partial charge < -0.3 is 4.74 Å². The summed E-state index contributed by atoms with van der Waals surface area (Å²) in [5.74, 6) is 6.00. The molecule has 1 unspecified atom stereocenters. The minimum Gasteiger partial charge on any atom is -0.443 e. The van der Waals surface area contributed by atoms with Crippen molar-refractivity contribution < 1.29 is 14.7 Å². The Bertz CT molecular complexity index is 957. The number of hydroxylamine groups is 2. The second kappa shape index (κ2) is 9.40. The molecule has 0 radical (unpaired) electrons. The van der Waals surface area contributed by atoms with Crippen LogP contribution < -0.4 is 0 Å². The zero-order chi connectivity index (χ0) is 19.8. The maximum absolute atomic E-state index is 12.4. The number of hydrogen-bond acceptors (Lipinski definition) is 3. The summed E-state index contributed by atoms with van der Waals surface area (Å²) in [5, 5.41) is 11.0. The Balaban J connectivity index is 1.78. The maximum Gasteiger partial charge on any atom is 0.435 e. The topological polar surface area (TPSA) is 49.8 Å². The zero-order valence-corrected chi connectivity index (χ0v) is 15.6. The fraction of sp³-hybridized carbons (Fsp3) is 0.125. The van der Waals surface area contributed by atoms with Gasteiger partial charge >= 0.3 is 6.09 Å². The van der Waals surface area contributed by atoms with E-state index in [0.717, 1.165) is 16.7 Å². The van der Waals surface area contributed by atoms with E-state index in [1.54, 1.807) is 0 Å². The maximum atomic E-state index is 12.4. The molecule has 4 nitrogen and oxygen atoms in total. The molecule has 0 aliphatic heterocycles. The Labute approximate surface area is 165 Å². The molecule has 0 bridgehead atoms. The fourth-order valence-electron chi connectivity index (χ4n) is 2.60. The molecule has 3 aromatic carbocycles. The first-order chi connectivity index (χ1) is 13.6. The molecule has 0 saturated carbocycles. The summed E-state index contributed by atoms with van der Waals surface area (Å²) in [6.45, 7) is 2.08. The molecule has 0 fully saturated rings. The third kappa shape index (κ3) is 5.23. The number of rotatable bonds is 4. The summed E-state index contributed by atoms with van der Waals surface area (Å²) in [7, 11) is 0. The predicted molar refractivity (Wildman–Crippen MR) is 107 cm³/mol. The summed E-state index contributed by atoms with van der Waals surface area (Å²) in [5.41, 5.74) is 3.48. The Morgan fingerprint density at radius 2 is 1.57 bits per heavy atom. The molecule has 1 atom stereocenters. The van der Waals surface area contributed by atoms with Gasteiger partial charge in [0, 0.05) is 5.56 Å². The van der Waals surface area contributed by atoms with E-state index >= 15 is 0 Å². The largest absolute Gasteiger partial charge is 0.443 e. The molecule has 1 amide bonds. The van der Waals surface area contributed by atoms with Gasteiger partial charge in [0.05, 0.1) is 0 Å². The monoisotopic (exact) mass is 371 g/mol. The van der Waals surface area contributed by atoms with Crippen LogP contribution in [0.4, 0.5) is 4.79 Å². The second-order valence-electron chi connectivity index (χ2n) is 6.33. The molecule has 140 valence electrons. The van der Waals surface area contributed by atoms with Crippen LogP contribution in [0, 0.1) is 18.8 Å². The van der Waals surface area contributed by atoms with Crippen LogP contribution in [0.15, 0.2) is 84.9 Å². The van der Waals surface area contributed by atoms with Crippen molar-refractivity contribution in [1.29, 1.82) is 0 Å². The summed E-state index contributed by atoms with van der Waals surface area (Å²) >= 11 is 0. The van der Waals surface area contributed by atoms with Crippen molar-refractivity contribution in [3.8, 4) is 11.8 Å². The predicted octanol–water partition coefficient (Wildman–Crippen LogP) is 5.12. The number of ether oxygens (including phenoxy) is 1. The lowest BCUT2D eigenvalue weighted by Crippen LogP contribution is -2.31. The van der Waals surface area contributed by atoms with Crippen molar-refractivity contribution in [2.75, 3.05) is 0 Å². The van der Waals surface area contributed by atoms with Crippen LogP contribution in [0.3, 0.4) is 0 Å². The minimum absolute atomic E-state index is 0.0730.